The fraction of sp³-hybridized carbons (Fsp3) is 0.125. The highest BCUT2D eigenvalue weighted by atomic mass is 32.1. The van der Waals surface area contributed by atoms with E-state index in [1.54, 1.807) is 24.4 Å². The molecule has 0 unspecified atom stereocenters. The third kappa shape index (κ3) is 3.01. The molecule has 0 saturated carbocycles. The summed E-state index contributed by atoms with van der Waals surface area (Å²) >= 11 is 1.40. The van der Waals surface area contributed by atoms with Crippen molar-refractivity contribution in [2.75, 3.05) is 0 Å². The summed E-state index contributed by atoms with van der Waals surface area (Å²) in [6, 6.07) is 10.9. The fourth-order valence-corrected chi connectivity index (χ4v) is 3.08. The van der Waals surface area contributed by atoms with Crippen LogP contribution in [0.15, 0.2) is 47.4 Å². The van der Waals surface area contributed by atoms with Crippen molar-refractivity contribution in [2.45, 2.75) is 12.8 Å². The normalized spacial score (nSPS) is 10.7. The minimum atomic E-state index is -0.841. The lowest BCUT2D eigenvalue weighted by molar-refractivity contribution is -0.136. The second-order valence-corrected chi connectivity index (χ2v) is 5.79. The summed E-state index contributed by atoms with van der Waals surface area (Å²) < 4.78 is 0.857. The quantitative estimate of drug-likeness (QED) is 0.801. The molecule has 0 aliphatic heterocycles. The van der Waals surface area contributed by atoms with Crippen molar-refractivity contribution in [3.05, 3.63) is 58.5 Å². The van der Waals surface area contributed by atoms with E-state index in [9.17, 15) is 9.59 Å². The van der Waals surface area contributed by atoms with Gasteiger partial charge in [-0.3, -0.25) is 14.6 Å². The number of aromatic nitrogens is 2. The van der Waals surface area contributed by atoms with Crippen LogP contribution in [0.2, 0.25) is 0 Å². The average Bonchev–Trinajstić information content (AvgIpc) is 2.53. The molecule has 0 saturated heterocycles. The Kier molecular flexibility index (Phi) is 3.93. The Hall–Kier alpha value is -2.60. The monoisotopic (exact) mass is 312 g/mol. The molecule has 5 nitrogen and oxygen atoms in total. The van der Waals surface area contributed by atoms with E-state index < -0.39 is 5.97 Å². The van der Waals surface area contributed by atoms with Crippen molar-refractivity contribution in [2.24, 2.45) is 0 Å². The van der Waals surface area contributed by atoms with Crippen molar-refractivity contribution in [1.29, 1.82) is 0 Å². The predicted molar refractivity (Wildman–Crippen MR) is 85.1 cm³/mol. The van der Waals surface area contributed by atoms with Gasteiger partial charge in [0.2, 0.25) is 0 Å². The second-order valence-electron chi connectivity index (χ2n) is 4.76. The Morgan fingerprint density at radius 1 is 1.23 bits per heavy atom. The van der Waals surface area contributed by atoms with Gasteiger partial charge in [-0.1, -0.05) is 12.1 Å². The van der Waals surface area contributed by atoms with E-state index in [0.29, 0.717) is 22.5 Å². The SMILES string of the molecule is O=C(O)CCc1ccnc(-c2nc(=O)c3ccccc3s2)c1. The topological polar surface area (TPSA) is 80.2 Å². The van der Waals surface area contributed by atoms with Crippen LogP contribution in [0.25, 0.3) is 20.8 Å². The predicted octanol–water partition coefficient (Wildman–Crippen LogP) is 2.74. The summed E-state index contributed by atoms with van der Waals surface area (Å²) in [5.74, 6) is -0.841. The Balaban J connectivity index is 2.02. The number of nitrogens with zero attached hydrogens (tertiary/aromatic N) is 2. The van der Waals surface area contributed by atoms with E-state index in [2.05, 4.69) is 9.97 Å². The zero-order valence-corrected chi connectivity index (χ0v) is 12.3. The molecule has 6 heteroatoms. The number of carboxylic acid groups (broad SMARTS) is 1. The molecule has 0 fully saturated rings. The van der Waals surface area contributed by atoms with Crippen LogP contribution in [0.1, 0.15) is 12.0 Å². The molecule has 1 N–H and O–H groups in total. The molecule has 22 heavy (non-hydrogen) atoms. The molecule has 110 valence electrons. The van der Waals surface area contributed by atoms with E-state index in [1.165, 1.54) is 11.3 Å². The summed E-state index contributed by atoms with van der Waals surface area (Å²) in [5.41, 5.74) is 1.18. The number of fused-ring (bicyclic) bond motifs is 1. The second kappa shape index (κ2) is 6.03. The highest BCUT2D eigenvalue weighted by Gasteiger charge is 2.09. The zero-order chi connectivity index (χ0) is 15.5. The number of hydrogen-bond acceptors (Lipinski definition) is 5. The first kappa shape index (κ1) is 14.3. The Bertz CT molecular complexity index is 905. The number of benzene rings is 1. The number of rotatable bonds is 4. The molecule has 1 aromatic carbocycles. The molecular formula is C16H12N2O3S. The molecule has 0 aliphatic rings. The van der Waals surface area contributed by atoms with Gasteiger partial charge in [0.15, 0.2) is 0 Å². The van der Waals surface area contributed by atoms with Crippen molar-refractivity contribution in [1.82, 2.24) is 9.97 Å². The highest BCUT2D eigenvalue weighted by molar-refractivity contribution is 7.21. The number of carboxylic acids is 1. The Morgan fingerprint density at radius 2 is 2.05 bits per heavy atom. The van der Waals surface area contributed by atoms with E-state index >= 15 is 0 Å². The molecule has 2 heterocycles. The summed E-state index contributed by atoms with van der Waals surface area (Å²) in [6.45, 7) is 0. The Morgan fingerprint density at radius 3 is 2.86 bits per heavy atom. The van der Waals surface area contributed by atoms with Crippen LogP contribution >= 0.6 is 11.3 Å². The van der Waals surface area contributed by atoms with Crippen LogP contribution in [-0.4, -0.2) is 21.0 Å². The molecule has 3 aromatic rings. The number of hydrogen-bond donors (Lipinski definition) is 1. The number of pyridine rings is 1. The lowest BCUT2D eigenvalue weighted by Gasteiger charge is -2.03. The minimum absolute atomic E-state index is 0.0604. The number of carbonyl (C=O) groups is 1. The summed E-state index contributed by atoms with van der Waals surface area (Å²) in [4.78, 5) is 31.1. The lowest BCUT2D eigenvalue weighted by Crippen LogP contribution is -2.06. The molecule has 0 aliphatic carbocycles. The van der Waals surface area contributed by atoms with E-state index in [0.717, 1.165) is 10.3 Å². The van der Waals surface area contributed by atoms with Crippen LogP contribution in [0.5, 0.6) is 0 Å². The van der Waals surface area contributed by atoms with Gasteiger partial charge in [-0.2, -0.15) is 4.98 Å². The molecule has 2 aromatic heterocycles. The summed E-state index contributed by atoms with van der Waals surface area (Å²) in [5, 5.41) is 9.89. The van der Waals surface area contributed by atoms with Crippen LogP contribution in [0.3, 0.4) is 0 Å². The molecule has 3 rings (SSSR count). The van der Waals surface area contributed by atoms with Crippen molar-refractivity contribution in [3.8, 4) is 10.7 Å². The molecule has 0 amide bonds. The van der Waals surface area contributed by atoms with Gasteiger partial charge in [-0.25, -0.2) is 0 Å². The first-order chi connectivity index (χ1) is 10.6. The molecular weight excluding hydrogens is 300 g/mol. The first-order valence-electron chi connectivity index (χ1n) is 6.70. The van der Waals surface area contributed by atoms with Gasteiger partial charge >= 0.3 is 5.97 Å². The minimum Gasteiger partial charge on any atom is -0.481 e. The van der Waals surface area contributed by atoms with Crippen LogP contribution < -0.4 is 5.56 Å². The fourth-order valence-electron chi connectivity index (χ4n) is 2.12. The maximum absolute atomic E-state index is 12.1. The lowest BCUT2D eigenvalue weighted by atomic mass is 10.1. The molecule has 0 atom stereocenters. The third-order valence-corrected chi connectivity index (χ3v) is 4.27. The average molecular weight is 312 g/mol. The number of aryl methyl sites for hydroxylation is 1. The van der Waals surface area contributed by atoms with Gasteiger partial charge in [0.25, 0.3) is 5.56 Å². The standard InChI is InChI=1S/C16H12N2O3S/c19-14(20)6-5-10-7-8-17-12(9-10)16-18-15(21)11-3-1-2-4-13(11)22-16/h1-4,7-9H,5-6H2,(H,19,20). The van der Waals surface area contributed by atoms with Crippen molar-refractivity contribution >= 4 is 27.4 Å². The zero-order valence-electron chi connectivity index (χ0n) is 11.5. The maximum atomic E-state index is 12.1. The van der Waals surface area contributed by atoms with Crippen LogP contribution in [0.4, 0.5) is 0 Å². The third-order valence-electron chi connectivity index (χ3n) is 3.20. The van der Waals surface area contributed by atoms with Gasteiger partial charge in [0, 0.05) is 17.3 Å². The first-order valence-corrected chi connectivity index (χ1v) is 7.52. The van der Waals surface area contributed by atoms with Gasteiger partial charge < -0.3 is 5.11 Å². The highest BCUT2D eigenvalue weighted by Crippen LogP contribution is 2.25. The Labute approximate surface area is 129 Å². The van der Waals surface area contributed by atoms with Gasteiger partial charge in [-0.05, 0) is 36.2 Å². The summed E-state index contributed by atoms with van der Waals surface area (Å²) in [6.07, 6.45) is 2.10. The smallest absolute Gasteiger partial charge is 0.303 e. The van der Waals surface area contributed by atoms with Gasteiger partial charge in [0.1, 0.15) is 5.01 Å². The van der Waals surface area contributed by atoms with Gasteiger partial charge in [0.05, 0.1) is 11.1 Å². The van der Waals surface area contributed by atoms with Crippen molar-refractivity contribution in [3.63, 3.8) is 0 Å². The largest absolute Gasteiger partial charge is 0.481 e. The summed E-state index contributed by atoms with van der Waals surface area (Å²) in [7, 11) is 0. The van der Waals surface area contributed by atoms with Crippen LogP contribution in [0, 0.1) is 0 Å². The number of aliphatic carboxylic acids is 1. The van der Waals surface area contributed by atoms with E-state index in [4.69, 9.17) is 5.11 Å². The molecule has 0 spiro atoms. The molecule has 0 bridgehead atoms. The van der Waals surface area contributed by atoms with Gasteiger partial charge in [-0.15, -0.1) is 11.3 Å². The molecule has 0 radical (unpaired) electrons. The van der Waals surface area contributed by atoms with Crippen LogP contribution in [-0.2, 0) is 11.2 Å². The maximum Gasteiger partial charge on any atom is 0.303 e. The van der Waals surface area contributed by atoms with Crippen molar-refractivity contribution < 1.29 is 9.90 Å². The van der Waals surface area contributed by atoms with E-state index in [-0.39, 0.29) is 12.0 Å². The van der Waals surface area contributed by atoms with E-state index in [1.807, 2.05) is 18.2 Å².